The van der Waals surface area contributed by atoms with Crippen LogP contribution in [0.15, 0.2) is 52.0 Å². The smallest absolute Gasteiger partial charge is 0.240 e. The number of nitrogens with one attached hydrogen (secondary N) is 1. The summed E-state index contributed by atoms with van der Waals surface area (Å²) in [5.41, 5.74) is 4.23. The summed E-state index contributed by atoms with van der Waals surface area (Å²) in [5, 5.41) is 0. The molecule has 6 nitrogen and oxygen atoms in total. The molecule has 0 aliphatic carbocycles. The number of oxazole rings is 1. The molecule has 0 spiro atoms. The second kappa shape index (κ2) is 8.16. The lowest BCUT2D eigenvalue weighted by molar-refractivity contribution is 0.410. The Kier molecular flexibility index (Phi) is 5.86. The van der Waals surface area contributed by atoms with Crippen LogP contribution in [0, 0.1) is 20.8 Å². The Morgan fingerprint density at radius 2 is 1.75 bits per heavy atom. The highest BCUT2D eigenvalue weighted by Gasteiger charge is 2.19. The number of rotatable bonds is 7. The van der Waals surface area contributed by atoms with Gasteiger partial charge in [0, 0.05) is 18.5 Å². The summed E-state index contributed by atoms with van der Waals surface area (Å²) >= 11 is 0. The molecule has 0 radical (unpaired) electrons. The van der Waals surface area contributed by atoms with E-state index in [4.69, 9.17) is 9.15 Å². The van der Waals surface area contributed by atoms with Crippen molar-refractivity contribution in [2.24, 2.45) is 0 Å². The molecule has 0 aliphatic rings. The molecule has 0 saturated carbocycles. The molecule has 0 unspecified atom stereocenters. The Balaban J connectivity index is 1.66. The zero-order valence-electron chi connectivity index (χ0n) is 16.4. The van der Waals surface area contributed by atoms with Crippen LogP contribution in [0.1, 0.15) is 22.4 Å². The molecular formula is C21H24N2O4S. The Bertz CT molecular complexity index is 1070. The second-order valence-corrected chi connectivity index (χ2v) is 8.41. The summed E-state index contributed by atoms with van der Waals surface area (Å²) in [4.78, 5) is 4.69. The van der Waals surface area contributed by atoms with Crippen molar-refractivity contribution in [2.45, 2.75) is 32.1 Å². The molecule has 0 saturated heterocycles. The topological polar surface area (TPSA) is 81.4 Å². The molecule has 0 aliphatic heterocycles. The summed E-state index contributed by atoms with van der Waals surface area (Å²) < 4.78 is 38.7. The fourth-order valence-corrected chi connectivity index (χ4v) is 4.25. The number of aryl methyl sites for hydroxylation is 1. The summed E-state index contributed by atoms with van der Waals surface area (Å²) in [6.07, 6.45) is 2.00. The van der Waals surface area contributed by atoms with Crippen LogP contribution in [0.2, 0.25) is 0 Å². The zero-order valence-corrected chi connectivity index (χ0v) is 17.3. The second-order valence-electron chi connectivity index (χ2n) is 6.67. The van der Waals surface area contributed by atoms with E-state index in [-0.39, 0.29) is 11.4 Å². The maximum atomic E-state index is 12.7. The molecule has 3 rings (SSSR count). The number of nitrogens with zero attached hydrogens (tertiary/aromatic N) is 1. The van der Waals surface area contributed by atoms with Crippen molar-refractivity contribution in [3.63, 3.8) is 0 Å². The Morgan fingerprint density at radius 3 is 2.43 bits per heavy atom. The molecule has 7 heteroatoms. The molecule has 0 amide bonds. The molecule has 2 aromatic carbocycles. The highest BCUT2D eigenvalue weighted by Crippen LogP contribution is 2.26. The molecule has 1 N–H and O–H groups in total. The van der Waals surface area contributed by atoms with Crippen LogP contribution >= 0.6 is 0 Å². The van der Waals surface area contributed by atoms with Gasteiger partial charge in [-0.2, -0.15) is 0 Å². The van der Waals surface area contributed by atoms with Crippen molar-refractivity contribution in [3.8, 4) is 17.2 Å². The van der Waals surface area contributed by atoms with Gasteiger partial charge in [-0.05, 0) is 56.2 Å². The standard InChI is InChI=1S/C21H24N2O4S/c1-14-5-7-17(8-6-14)21-23-18(13-27-21)11-12-22-28(24,25)20-10-9-19(26-4)15(2)16(20)3/h5-10,13,22H,11-12H2,1-4H3. The van der Waals surface area contributed by atoms with Crippen LogP contribution in [-0.2, 0) is 16.4 Å². The molecule has 148 valence electrons. The van der Waals surface area contributed by atoms with E-state index in [0.29, 0.717) is 29.3 Å². The first-order valence-corrected chi connectivity index (χ1v) is 10.5. The van der Waals surface area contributed by atoms with Crippen molar-refractivity contribution in [1.29, 1.82) is 0 Å². The van der Waals surface area contributed by atoms with Crippen molar-refractivity contribution >= 4 is 10.0 Å². The van der Waals surface area contributed by atoms with Gasteiger partial charge in [0.15, 0.2) is 0 Å². The number of aromatic nitrogens is 1. The number of benzene rings is 2. The highest BCUT2D eigenvalue weighted by molar-refractivity contribution is 7.89. The fourth-order valence-electron chi connectivity index (χ4n) is 2.92. The zero-order chi connectivity index (χ0) is 20.3. The number of methoxy groups -OCH3 is 1. The van der Waals surface area contributed by atoms with E-state index in [9.17, 15) is 8.42 Å². The first kappa shape index (κ1) is 20.1. The van der Waals surface area contributed by atoms with Crippen LogP contribution in [0.4, 0.5) is 0 Å². The molecule has 28 heavy (non-hydrogen) atoms. The van der Waals surface area contributed by atoms with Crippen LogP contribution in [0.5, 0.6) is 5.75 Å². The minimum Gasteiger partial charge on any atom is -0.496 e. The van der Waals surface area contributed by atoms with Gasteiger partial charge in [0.2, 0.25) is 15.9 Å². The molecule has 1 aromatic heterocycles. The predicted octanol–water partition coefficient (Wildman–Crippen LogP) is 3.80. The van der Waals surface area contributed by atoms with Gasteiger partial charge in [0.05, 0.1) is 17.7 Å². The maximum Gasteiger partial charge on any atom is 0.240 e. The van der Waals surface area contributed by atoms with Gasteiger partial charge in [-0.15, -0.1) is 0 Å². The van der Waals surface area contributed by atoms with Gasteiger partial charge in [0.1, 0.15) is 12.0 Å². The van der Waals surface area contributed by atoms with Crippen LogP contribution < -0.4 is 9.46 Å². The van der Waals surface area contributed by atoms with Crippen molar-refractivity contribution in [3.05, 3.63) is 65.0 Å². The lowest BCUT2D eigenvalue weighted by atomic mass is 10.1. The summed E-state index contributed by atoms with van der Waals surface area (Å²) in [7, 11) is -2.06. The molecular weight excluding hydrogens is 376 g/mol. The molecule has 0 bridgehead atoms. The highest BCUT2D eigenvalue weighted by atomic mass is 32.2. The van der Waals surface area contributed by atoms with E-state index in [0.717, 1.165) is 16.7 Å². The number of hydrogen-bond acceptors (Lipinski definition) is 5. The van der Waals surface area contributed by atoms with Crippen molar-refractivity contribution in [2.75, 3.05) is 13.7 Å². The summed E-state index contributed by atoms with van der Waals surface area (Å²) in [5.74, 6) is 1.20. The Labute approximate surface area is 165 Å². The third-order valence-corrected chi connectivity index (χ3v) is 6.33. The van der Waals surface area contributed by atoms with E-state index < -0.39 is 10.0 Å². The predicted molar refractivity (Wildman–Crippen MR) is 108 cm³/mol. The number of sulfonamides is 1. The minimum atomic E-state index is -3.62. The summed E-state index contributed by atoms with van der Waals surface area (Å²) in [6, 6.07) is 11.1. The average molecular weight is 401 g/mol. The lowest BCUT2D eigenvalue weighted by Gasteiger charge is -2.13. The molecule has 0 atom stereocenters. The van der Waals surface area contributed by atoms with Gasteiger partial charge in [-0.1, -0.05) is 17.7 Å². The van der Waals surface area contributed by atoms with E-state index in [1.165, 1.54) is 0 Å². The minimum absolute atomic E-state index is 0.229. The Hall–Kier alpha value is -2.64. The van der Waals surface area contributed by atoms with Gasteiger partial charge >= 0.3 is 0 Å². The molecule has 1 heterocycles. The van der Waals surface area contributed by atoms with E-state index in [1.807, 2.05) is 38.1 Å². The van der Waals surface area contributed by atoms with Crippen molar-refractivity contribution < 1.29 is 17.6 Å². The van der Waals surface area contributed by atoms with Crippen LogP contribution in [0.25, 0.3) is 11.5 Å². The third kappa shape index (κ3) is 4.26. The van der Waals surface area contributed by atoms with Gasteiger partial charge in [0.25, 0.3) is 0 Å². The van der Waals surface area contributed by atoms with Crippen LogP contribution in [0.3, 0.4) is 0 Å². The summed E-state index contributed by atoms with van der Waals surface area (Å²) in [6.45, 7) is 5.86. The number of hydrogen-bond donors (Lipinski definition) is 1. The third-order valence-electron chi connectivity index (χ3n) is 4.72. The Morgan fingerprint density at radius 1 is 1.04 bits per heavy atom. The largest absolute Gasteiger partial charge is 0.496 e. The normalized spacial score (nSPS) is 11.6. The molecule has 0 fully saturated rings. The first-order chi connectivity index (χ1) is 13.3. The monoisotopic (exact) mass is 400 g/mol. The quantitative estimate of drug-likeness (QED) is 0.652. The SMILES string of the molecule is COc1ccc(S(=O)(=O)NCCc2coc(-c3ccc(C)cc3)n2)c(C)c1C. The van der Waals surface area contributed by atoms with Crippen LogP contribution in [-0.4, -0.2) is 27.1 Å². The van der Waals surface area contributed by atoms with Gasteiger partial charge in [-0.25, -0.2) is 18.1 Å². The van der Waals surface area contributed by atoms with Gasteiger partial charge < -0.3 is 9.15 Å². The molecule has 3 aromatic rings. The number of ether oxygens (including phenoxy) is 1. The maximum absolute atomic E-state index is 12.7. The average Bonchev–Trinajstić information content (AvgIpc) is 3.13. The van der Waals surface area contributed by atoms with Gasteiger partial charge in [-0.3, -0.25) is 0 Å². The first-order valence-electron chi connectivity index (χ1n) is 8.97. The van der Waals surface area contributed by atoms with Crippen molar-refractivity contribution in [1.82, 2.24) is 9.71 Å². The fraction of sp³-hybridized carbons (Fsp3) is 0.286. The van der Waals surface area contributed by atoms with E-state index >= 15 is 0 Å². The van der Waals surface area contributed by atoms with E-state index in [2.05, 4.69) is 9.71 Å². The lowest BCUT2D eigenvalue weighted by Crippen LogP contribution is -2.27. The van der Waals surface area contributed by atoms with E-state index in [1.54, 1.807) is 32.4 Å².